The van der Waals surface area contributed by atoms with Gasteiger partial charge in [0.1, 0.15) is 12.4 Å². The highest BCUT2D eigenvalue weighted by Gasteiger charge is 2.28. The summed E-state index contributed by atoms with van der Waals surface area (Å²) in [4.78, 5) is 4.05. The smallest absolute Gasteiger partial charge is 0.158 e. The highest BCUT2D eigenvalue weighted by molar-refractivity contribution is 7.92. The van der Waals surface area contributed by atoms with Gasteiger partial charge in [-0.15, -0.1) is 11.6 Å². The number of nitrogens with zero attached hydrogens (tertiary/aromatic N) is 1. The molecule has 0 radical (unpaired) electrons. The molecule has 102 valence electrons. The van der Waals surface area contributed by atoms with Crippen LogP contribution in [0.1, 0.15) is 26.5 Å². The summed E-state index contributed by atoms with van der Waals surface area (Å²) in [6.45, 7) is 5.17. The number of sulfone groups is 1. The van der Waals surface area contributed by atoms with Gasteiger partial charge in [0.25, 0.3) is 0 Å². The molecule has 6 heteroatoms. The Morgan fingerprint density at radius 2 is 2.00 bits per heavy atom. The van der Waals surface area contributed by atoms with Crippen LogP contribution in [0.5, 0.6) is 5.75 Å². The molecular weight excluding hydrogens is 274 g/mol. The van der Waals surface area contributed by atoms with Crippen molar-refractivity contribution in [2.45, 2.75) is 31.4 Å². The summed E-state index contributed by atoms with van der Waals surface area (Å²) in [5, 5.41) is 0. The SMILES string of the molecule is CC(C)(C)S(=O)(=O)CCOc1ccc(CCl)nc1. The zero-order valence-corrected chi connectivity index (χ0v) is 12.4. The monoisotopic (exact) mass is 291 g/mol. The van der Waals surface area contributed by atoms with Gasteiger partial charge in [-0.2, -0.15) is 0 Å². The molecule has 0 bridgehead atoms. The molecule has 0 unspecified atom stereocenters. The lowest BCUT2D eigenvalue weighted by atomic mass is 10.3. The Bertz CT molecular complexity index is 477. The predicted molar refractivity (Wildman–Crippen MR) is 72.8 cm³/mol. The van der Waals surface area contributed by atoms with Crippen LogP contribution in [0.15, 0.2) is 18.3 Å². The highest BCUT2D eigenvalue weighted by atomic mass is 35.5. The third-order valence-electron chi connectivity index (χ3n) is 2.49. The number of hydrogen-bond donors (Lipinski definition) is 0. The van der Waals surface area contributed by atoms with E-state index >= 15 is 0 Å². The molecule has 0 aliphatic rings. The van der Waals surface area contributed by atoms with E-state index in [-0.39, 0.29) is 12.4 Å². The van der Waals surface area contributed by atoms with Crippen LogP contribution in [0.25, 0.3) is 0 Å². The van der Waals surface area contributed by atoms with Crippen molar-refractivity contribution in [1.82, 2.24) is 4.98 Å². The second-order valence-electron chi connectivity index (χ2n) is 4.90. The normalized spacial score (nSPS) is 12.4. The van der Waals surface area contributed by atoms with Crippen molar-refractivity contribution in [3.8, 4) is 5.75 Å². The summed E-state index contributed by atoms with van der Waals surface area (Å²) in [6, 6.07) is 3.48. The maximum atomic E-state index is 11.8. The number of ether oxygens (including phenoxy) is 1. The van der Waals surface area contributed by atoms with E-state index in [0.717, 1.165) is 5.69 Å². The molecule has 0 atom stereocenters. The van der Waals surface area contributed by atoms with Crippen LogP contribution in [0.4, 0.5) is 0 Å². The molecule has 1 aromatic rings. The van der Waals surface area contributed by atoms with Crippen molar-refractivity contribution in [3.05, 3.63) is 24.0 Å². The van der Waals surface area contributed by atoms with E-state index in [4.69, 9.17) is 16.3 Å². The average molecular weight is 292 g/mol. The molecule has 18 heavy (non-hydrogen) atoms. The molecule has 4 nitrogen and oxygen atoms in total. The summed E-state index contributed by atoms with van der Waals surface area (Å²) < 4.78 is 28.3. The van der Waals surface area contributed by atoms with Gasteiger partial charge in [0.15, 0.2) is 9.84 Å². The Balaban J connectivity index is 2.52. The van der Waals surface area contributed by atoms with Crippen LogP contribution < -0.4 is 4.74 Å². The predicted octanol–water partition coefficient (Wildman–Crippen LogP) is 2.41. The number of aromatic nitrogens is 1. The fourth-order valence-corrected chi connectivity index (χ4v) is 2.22. The summed E-state index contributed by atoms with van der Waals surface area (Å²) in [7, 11) is -3.15. The van der Waals surface area contributed by atoms with Gasteiger partial charge in [-0.25, -0.2) is 8.42 Å². The van der Waals surface area contributed by atoms with E-state index in [1.807, 2.05) is 0 Å². The first-order valence-electron chi connectivity index (χ1n) is 5.62. The first kappa shape index (κ1) is 15.2. The van der Waals surface area contributed by atoms with Crippen molar-refractivity contribution < 1.29 is 13.2 Å². The molecule has 0 aliphatic heterocycles. The first-order chi connectivity index (χ1) is 8.26. The third-order valence-corrected chi connectivity index (χ3v) is 5.33. The van der Waals surface area contributed by atoms with Crippen LogP contribution >= 0.6 is 11.6 Å². The number of rotatable bonds is 5. The van der Waals surface area contributed by atoms with Crippen LogP contribution in [0.3, 0.4) is 0 Å². The summed E-state index contributed by atoms with van der Waals surface area (Å²) in [5.74, 6) is 0.889. The topological polar surface area (TPSA) is 56.3 Å². The minimum absolute atomic E-state index is 0.00619. The van der Waals surface area contributed by atoms with E-state index in [2.05, 4.69) is 4.98 Å². The highest BCUT2D eigenvalue weighted by Crippen LogP contribution is 2.16. The Morgan fingerprint density at radius 1 is 1.33 bits per heavy atom. The molecule has 1 aromatic heterocycles. The summed E-state index contributed by atoms with van der Waals surface area (Å²) >= 11 is 5.61. The number of pyridine rings is 1. The van der Waals surface area contributed by atoms with Gasteiger partial charge in [0.05, 0.1) is 28.3 Å². The second kappa shape index (κ2) is 5.89. The Morgan fingerprint density at radius 3 is 2.44 bits per heavy atom. The lowest BCUT2D eigenvalue weighted by molar-refractivity contribution is 0.338. The maximum absolute atomic E-state index is 11.8. The molecule has 0 aromatic carbocycles. The maximum Gasteiger partial charge on any atom is 0.158 e. The van der Waals surface area contributed by atoms with Crippen LogP contribution in [-0.2, 0) is 15.7 Å². The number of hydrogen-bond acceptors (Lipinski definition) is 4. The third kappa shape index (κ3) is 4.14. The van der Waals surface area contributed by atoms with Crippen LogP contribution in [-0.4, -0.2) is 30.5 Å². The minimum Gasteiger partial charge on any atom is -0.491 e. The van der Waals surface area contributed by atoms with Gasteiger partial charge in [-0.1, -0.05) is 0 Å². The lowest BCUT2D eigenvalue weighted by Gasteiger charge is -2.19. The number of alkyl halides is 1. The van der Waals surface area contributed by atoms with Crippen molar-refractivity contribution in [2.24, 2.45) is 0 Å². The molecule has 1 rings (SSSR count). The zero-order chi connectivity index (χ0) is 13.8. The first-order valence-corrected chi connectivity index (χ1v) is 7.81. The van der Waals surface area contributed by atoms with Crippen LogP contribution in [0.2, 0.25) is 0 Å². The molecule has 0 saturated carbocycles. The van der Waals surface area contributed by atoms with E-state index < -0.39 is 14.6 Å². The fourth-order valence-electron chi connectivity index (χ4n) is 1.15. The van der Waals surface area contributed by atoms with Gasteiger partial charge in [0, 0.05) is 0 Å². The van der Waals surface area contributed by atoms with Gasteiger partial charge in [-0.3, -0.25) is 4.98 Å². The summed E-state index contributed by atoms with van der Waals surface area (Å²) in [6.07, 6.45) is 1.54. The fraction of sp³-hybridized carbons (Fsp3) is 0.583. The largest absolute Gasteiger partial charge is 0.491 e. The van der Waals surface area contributed by atoms with E-state index in [0.29, 0.717) is 11.6 Å². The molecular formula is C12H18ClNO3S. The number of halogens is 1. The molecule has 0 saturated heterocycles. The standard InChI is InChI=1S/C12H18ClNO3S/c1-12(2,3)18(15,16)7-6-17-11-5-4-10(8-13)14-9-11/h4-5,9H,6-8H2,1-3H3. The zero-order valence-electron chi connectivity index (χ0n) is 10.8. The molecule has 0 spiro atoms. The molecule has 0 amide bonds. The summed E-state index contributed by atoms with van der Waals surface area (Å²) in [5.41, 5.74) is 0.756. The molecule has 0 N–H and O–H groups in total. The lowest BCUT2D eigenvalue weighted by Crippen LogP contribution is -2.32. The van der Waals surface area contributed by atoms with Gasteiger partial charge < -0.3 is 4.74 Å². The van der Waals surface area contributed by atoms with E-state index in [1.165, 1.54) is 0 Å². The van der Waals surface area contributed by atoms with Crippen LogP contribution in [0, 0.1) is 0 Å². The van der Waals surface area contributed by atoms with E-state index in [9.17, 15) is 8.42 Å². The quantitative estimate of drug-likeness (QED) is 0.782. The van der Waals surface area contributed by atoms with E-state index in [1.54, 1.807) is 39.1 Å². The Labute approximate surface area is 113 Å². The van der Waals surface area contributed by atoms with Crippen molar-refractivity contribution in [3.63, 3.8) is 0 Å². The van der Waals surface area contributed by atoms with Crippen molar-refractivity contribution in [2.75, 3.05) is 12.4 Å². The molecule has 0 fully saturated rings. The van der Waals surface area contributed by atoms with Crippen molar-refractivity contribution in [1.29, 1.82) is 0 Å². The molecule has 1 heterocycles. The minimum atomic E-state index is -3.15. The second-order valence-corrected chi connectivity index (χ2v) is 8.03. The van der Waals surface area contributed by atoms with Gasteiger partial charge in [-0.05, 0) is 32.9 Å². The van der Waals surface area contributed by atoms with Gasteiger partial charge >= 0.3 is 0 Å². The van der Waals surface area contributed by atoms with Gasteiger partial charge in [0.2, 0.25) is 0 Å². The Hall–Kier alpha value is -0.810. The molecule has 0 aliphatic carbocycles. The Kier molecular flexibility index (Phi) is 4.99. The van der Waals surface area contributed by atoms with Crippen molar-refractivity contribution >= 4 is 21.4 Å². The average Bonchev–Trinajstić information content (AvgIpc) is 2.28.